The first-order chi connectivity index (χ1) is 7.65. The monoisotopic (exact) mass is 224 g/mol. The third-order valence-corrected chi connectivity index (χ3v) is 3.40. The van der Waals surface area contributed by atoms with Crippen LogP contribution in [0.1, 0.15) is 17.5 Å². The van der Waals surface area contributed by atoms with Crippen molar-refractivity contribution in [2.45, 2.75) is 19.8 Å². The number of rotatable bonds is 3. The average molecular weight is 224 g/mol. The molecule has 1 aromatic rings. The molecule has 1 unspecified atom stereocenters. The third kappa shape index (κ3) is 2.25. The van der Waals surface area contributed by atoms with Gasteiger partial charge in [-0.25, -0.2) is 4.39 Å². The van der Waals surface area contributed by atoms with Crippen LogP contribution in [0.15, 0.2) is 18.2 Å². The summed E-state index contributed by atoms with van der Waals surface area (Å²) >= 11 is 0. The Balaban J connectivity index is 2.21. The van der Waals surface area contributed by atoms with Crippen molar-refractivity contribution in [2.24, 2.45) is 5.41 Å². The first kappa shape index (κ1) is 11.6. The van der Waals surface area contributed by atoms with Crippen LogP contribution in [0.5, 0.6) is 0 Å². The van der Waals surface area contributed by atoms with Crippen molar-refractivity contribution < 1.29 is 14.2 Å². The Morgan fingerprint density at radius 3 is 2.94 bits per heavy atom. The van der Waals surface area contributed by atoms with Crippen molar-refractivity contribution in [3.63, 3.8) is 0 Å². The van der Waals surface area contributed by atoms with Gasteiger partial charge in [0, 0.05) is 12.0 Å². The molecule has 2 nitrogen and oxygen atoms in total. The average Bonchev–Trinajstić information content (AvgIpc) is 2.73. The van der Waals surface area contributed by atoms with E-state index in [1.165, 1.54) is 6.07 Å². The lowest BCUT2D eigenvalue weighted by atomic mass is 9.81. The van der Waals surface area contributed by atoms with Crippen LogP contribution in [0.25, 0.3) is 0 Å². The number of aliphatic hydroxyl groups excluding tert-OH is 1. The number of ether oxygens (including phenoxy) is 1. The van der Waals surface area contributed by atoms with E-state index in [9.17, 15) is 9.50 Å². The van der Waals surface area contributed by atoms with Gasteiger partial charge in [0.25, 0.3) is 0 Å². The molecule has 88 valence electrons. The van der Waals surface area contributed by atoms with Crippen molar-refractivity contribution in [1.29, 1.82) is 0 Å². The minimum atomic E-state index is -0.215. The summed E-state index contributed by atoms with van der Waals surface area (Å²) < 4.78 is 18.5. The maximum atomic E-state index is 13.2. The SMILES string of the molecule is Cc1ccc(F)cc1CC1(CO)CCOC1. The van der Waals surface area contributed by atoms with Gasteiger partial charge in [-0.2, -0.15) is 0 Å². The van der Waals surface area contributed by atoms with E-state index in [1.54, 1.807) is 12.1 Å². The Morgan fingerprint density at radius 2 is 2.31 bits per heavy atom. The Kier molecular flexibility index (Phi) is 3.26. The van der Waals surface area contributed by atoms with E-state index in [0.29, 0.717) is 19.6 Å². The van der Waals surface area contributed by atoms with E-state index in [4.69, 9.17) is 4.74 Å². The first-order valence-electron chi connectivity index (χ1n) is 5.59. The number of hydrogen-bond acceptors (Lipinski definition) is 2. The standard InChI is InChI=1S/C13H17FO2/c1-10-2-3-12(14)6-11(10)7-13(8-15)4-5-16-9-13/h2-3,6,15H,4-5,7-9H2,1H3. The van der Waals surface area contributed by atoms with E-state index in [0.717, 1.165) is 17.5 Å². The van der Waals surface area contributed by atoms with Crippen LogP contribution in [0.2, 0.25) is 0 Å². The lowest BCUT2D eigenvalue weighted by Crippen LogP contribution is -2.28. The zero-order valence-electron chi connectivity index (χ0n) is 9.50. The summed E-state index contributed by atoms with van der Waals surface area (Å²) in [7, 11) is 0. The molecule has 1 fully saturated rings. The van der Waals surface area contributed by atoms with Crippen LogP contribution >= 0.6 is 0 Å². The molecule has 1 aliphatic heterocycles. The minimum Gasteiger partial charge on any atom is -0.396 e. The Morgan fingerprint density at radius 1 is 1.50 bits per heavy atom. The van der Waals surface area contributed by atoms with E-state index in [1.807, 2.05) is 6.92 Å². The predicted octanol–water partition coefficient (Wildman–Crippen LogP) is 2.08. The van der Waals surface area contributed by atoms with Gasteiger partial charge in [-0.15, -0.1) is 0 Å². The second-order valence-electron chi connectivity index (χ2n) is 4.71. The molecule has 0 bridgehead atoms. The van der Waals surface area contributed by atoms with Crippen LogP contribution in [0.3, 0.4) is 0 Å². The summed E-state index contributed by atoms with van der Waals surface area (Å²) in [6.07, 6.45) is 1.53. The van der Waals surface area contributed by atoms with Gasteiger partial charge in [-0.05, 0) is 43.0 Å². The van der Waals surface area contributed by atoms with Gasteiger partial charge in [0.05, 0.1) is 13.2 Å². The quantitative estimate of drug-likeness (QED) is 0.851. The molecule has 3 heteroatoms. The maximum absolute atomic E-state index is 13.2. The Hall–Kier alpha value is -0.930. The predicted molar refractivity (Wildman–Crippen MR) is 59.8 cm³/mol. The largest absolute Gasteiger partial charge is 0.396 e. The highest BCUT2D eigenvalue weighted by molar-refractivity contribution is 5.28. The highest BCUT2D eigenvalue weighted by atomic mass is 19.1. The summed E-state index contributed by atoms with van der Waals surface area (Å²) in [6.45, 7) is 3.33. The van der Waals surface area contributed by atoms with Gasteiger partial charge in [-0.1, -0.05) is 6.07 Å². The Bertz CT molecular complexity index is 370. The fourth-order valence-corrected chi connectivity index (χ4v) is 2.20. The molecule has 1 saturated heterocycles. The lowest BCUT2D eigenvalue weighted by molar-refractivity contribution is 0.0933. The molecule has 0 saturated carbocycles. The summed E-state index contributed by atoms with van der Waals surface area (Å²) in [6, 6.07) is 4.81. The molecule has 2 rings (SSSR count). The summed E-state index contributed by atoms with van der Waals surface area (Å²) in [5.41, 5.74) is 1.83. The number of aryl methyl sites for hydroxylation is 1. The van der Waals surface area contributed by atoms with Crippen molar-refractivity contribution in [2.75, 3.05) is 19.8 Å². The van der Waals surface area contributed by atoms with E-state index < -0.39 is 0 Å². The van der Waals surface area contributed by atoms with Gasteiger partial charge in [0.1, 0.15) is 5.82 Å². The molecule has 1 aromatic carbocycles. The lowest BCUT2D eigenvalue weighted by Gasteiger charge is -2.25. The van der Waals surface area contributed by atoms with Crippen molar-refractivity contribution >= 4 is 0 Å². The molecule has 0 amide bonds. The maximum Gasteiger partial charge on any atom is 0.123 e. The third-order valence-electron chi connectivity index (χ3n) is 3.40. The topological polar surface area (TPSA) is 29.5 Å². The smallest absolute Gasteiger partial charge is 0.123 e. The zero-order valence-corrected chi connectivity index (χ0v) is 9.50. The van der Waals surface area contributed by atoms with Gasteiger partial charge in [0.15, 0.2) is 0 Å². The van der Waals surface area contributed by atoms with Crippen LogP contribution in [-0.2, 0) is 11.2 Å². The number of halogens is 1. The van der Waals surface area contributed by atoms with Gasteiger partial charge >= 0.3 is 0 Å². The van der Waals surface area contributed by atoms with E-state index in [2.05, 4.69) is 0 Å². The van der Waals surface area contributed by atoms with Gasteiger partial charge < -0.3 is 9.84 Å². The van der Waals surface area contributed by atoms with Gasteiger partial charge in [0.2, 0.25) is 0 Å². The van der Waals surface area contributed by atoms with Crippen LogP contribution < -0.4 is 0 Å². The highest BCUT2D eigenvalue weighted by Crippen LogP contribution is 2.33. The molecule has 0 spiro atoms. The molecule has 16 heavy (non-hydrogen) atoms. The second kappa shape index (κ2) is 4.52. The van der Waals surface area contributed by atoms with E-state index in [-0.39, 0.29) is 17.8 Å². The number of aliphatic hydroxyl groups is 1. The summed E-state index contributed by atoms with van der Waals surface area (Å²) in [5, 5.41) is 9.46. The normalized spacial score (nSPS) is 24.9. The highest BCUT2D eigenvalue weighted by Gasteiger charge is 2.34. The van der Waals surface area contributed by atoms with Gasteiger partial charge in [-0.3, -0.25) is 0 Å². The molecule has 1 N–H and O–H groups in total. The Labute approximate surface area is 95.1 Å². The molecular weight excluding hydrogens is 207 g/mol. The van der Waals surface area contributed by atoms with Crippen LogP contribution in [0.4, 0.5) is 4.39 Å². The second-order valence-corrected chi connectivity index (χ2v) is 4.71. The summed E-state index contributed by atoms with van der Waals surface area (Å²) in [5.74, 6) is -0.215. The molecule has 1 atom stereocenters. The first-order valence-corrected chi connectivity index (χ1v) is 5.59. The molecule has 1 aliphatic rings. The number of hydrogen-bond donors (Lipinski definition) is 1. The minimum absolute atomic E-state index is 0.100. The molecule has 0 aliphatic carbocycles. The number of benzene rings is 1. The van der Waals surface area contributed by atoms with Crippen molar-refractivity contribution in [3.8, 4) is 0 Å². The fourth-order valence-electron chi connectivity index (χ4n) is 2.20. The van der Waals surface area contributed by atoms with Crippen LogP contribution in [-0.4, -0.2) is 24.9 Å². The molecular formula is C13H17FO2. The fraction of sp³-hybridized carbons (Fsp3) is 0.538. The van der Waals surface area contributed by atoms with Crippen molar-refractivity contribution in [1.82, 2.24) is 0 Å². The summed E-state index contributed by atoms with van der Waals surface area (Å²) in [4.78, 5) is 0. The van der Waals surface area contributed by atoms with Crippen LogP contribution in [0, 0.1) is 18.2 Å². The van der Waals surface area contributed by atoms with Crippen molar-refractivity contribution in [3.05, 3.63) is 35.1 Å². The molecule has 0 radical (unpaired) electrons. The van der Waals surface area contributed by atoms with E-state index >= 15 is 0 Å². The molecule has 0 aromatic heterocycles. The zero-order chi connectivity index (χ0) is 11.6. The molecule has 1 heterocycles.